The highest BCUT2D eigenvalue weighted by atomic mass is 35.5. The van der Waals surface area contributed by atoms with Crippen LogP contribution in [-0.4, -0.2) is 32.3 Å². The largest absolute Gasteiger partial charge is 0.489 e. The molecule has 1 unspecified atom stereocenters. The minimum Gasteiger partial charge on any atom is -0.489 e. The van der Waals surface area contributed by atoms with Gasteiger partial charge in [0.2, 0.25) is 5.91 Å². The predicted molar refractivity (Wildman–Crippen MR) is 87.5 cm³/mol. The van der Waals surface area contributed by atoms with Crippen LogP contribution in [0.15, 0.2) is 18.2 Å². The van der Waals surface area contributed by atoms with E-state index in [1.165, 1.54) is 0 Å². The first-order chi connectivity index (χ1) is 9.58. The lowest BCUT2D eigenvalue weighted by Crippen LogP contribution is -2.27. The Bertz CT molecular complexity index is 444. The topological polar surface area (TPSA) is 73.6 Å². The van der Waals surface area contributed by atoms with Crippen LogP contribution in [0.25, 0.3) is 0 Å². The van der Waals surface area contributed by atoms with Gasteiger partial charge in [0.15, 0.2) is 0 Å². The van der Waals surface area contributed by atoms with Crippen molar-refractivity contribution in [3.8, 4) is 5.75 Å². The van der Waals surface area contributed by atoms with Crippen LogP contribution in [0.1, 0.15) is 13.8 Å². The zero-order chi connectivity index (χ0) is 15.0. The van der Waals surface area contributed by atoms with Crippen molar-refractivity contribution in [3.63, 3.8) is 0 Å². The summed E-state index contributed by atoms with van der Waals surface area (Å²) in [5, 5.41) is 3.30. The molecule has 0 heterocycles. The number of anilines is 1. The Balaban J connectivity index is 0.00000400. The Hall–Kier alpha value is -1.01. The van der Waals surface area contributed by atoms with Gasteiger partial charge < -0.3 is 20.5 Å². The maximum absolute atomic E-state index is 11.9. The molecule has 0 saturated carbocycles. The number of carbonyl (C=O) groups is 1. The van der Waals surface area contributed by atoms with Crippen LogP contribution >= 0.6 is 24.0 Å². The molecule has 120 valence electrons. The second-order valence-electron chi connectivity index (χ2n) is 4.31. The third-order valence-corrected chi connectivity index (χ3v) is 2.93. The SMILES string of the molecule is CCOCCOc1ccc(Cl)cc1NC(=O)C(C)CN.Cl. The smallest absolute Gasteiger partial charge is 0.228 e. The second-order valence-corrected chi connectivity index (χ2v) is 4.75. The Kier molecular flexibility index (Phi) is 10.2. The van der Waals surface area contributed by atoms with E-state index in [-0.39, 0.29) is 30.8 Å². The van der Waals surface area contributed by atoms with Crippen molar-refractivity contribution in [1.29, 1.82) is 0 Å². The van der Waals surface area contributed by atoms with Crippen molar-refractivity contribution in [2.45, 2.75) is 13.8 Å². The highest BCUT2D eigenvalue weighted by Crippen LogP contribution is 2.28. The summed E-state index contributed by atoms with van der Waals surface area (Å²) in [6.07, 6.45) is 0. The zero-order valence-corrected chi connectivity index (χ0v) is 13.8. The van der Waals surface area contributed by atoms with Gasteiger partial charge in [-0.1, -0.05) is 18.5 Å². The van der Waals surface area contributed by atoms with Crippen LogP contribution in [0.3, 0.4) is 0 Å². The van der Waals surface area contributed by atoms with E-state index >= 15 is 0 Å². The van der Waals surface area contributed by atoms with E-state index in [1.54, 1.807) is 25.1 Å². The lowest BCUT2D eigenvalue weighted by atomic mass is 10.1. The van der Waals surface area contributed by atoms with E-state index < -0.39 is 0 Å². The molecule has 0 aromatic heterocycles. The fourth-order valence-corrected chi connectivity index (χ4v) is 1.62. The average molecular weight is 337 g/mol. The summed E-state index contributed by atoms with van der Waals surface area (Å²) in [5.41, 5.74) is 6.01. The van der Waals surface area contributed by atoms with Crippen LogP contribution in [0.4, 0.5) is 5.69 Å². The number of ether oxygens (including phenoxy) is 2. The molecule has 0 fully saturated rings. The number of hydrogen-bond acceptors (Lipinski definition) is 4. The quantitative estimate of drug-likeness (QED) is 0.716. The molecular weight excluding hydrogens is 315 g/mol. The first-order valence-corrected chi connectivity index (χ1v) is 6.97. The van der Waals surface area contributed by atoms with Crippen LogP contribution in [0.2, 0.25) is 5.02 Å². The van der Waals surface area contributed by atoms with Gasteiger partial charge in [-0.15, -0.1) is 12.4 Å². The molecule has 0 aliphatic heterocycles. The number of nitrogens with two attached hydrogens (primary N) is 1. The maximum Gasteiger partial charge on any atom is 0.228 e. The molecule has 5 nitrogen and oxygen atoms in total. The van der Waals surface area contributed by atoms with Gasteiger partial charge in [0.1, 0.15) is 12.4 Å². The van der Waals surface area contributed by atoms with E-state index in [9.17, 15) is 4.79 Å². The second kappa shape index (κ2) is 10.7. The molecule has 1 aromatic rings. The van der Waals surface area contributed by atoms with Crippen molar-refractivity contribution >= 4 is 35.6 Å². The Morgan fingerprint density at radius 2 is 2.14 bits per heavy atom. The first-order valence-electron chi connectivity index (χ1n) is 6.59. The summed E-state index contributed by atoms with van der Waals surface area (Å²) in [6, 6.07) is 5.08. The van der Waals surface area contributed by atoms with Crippen molar-refractivity contribution in [2.75, 3.05) is 31.7 Å². The predicted octanol–water partition coefficient (Wildman–Crippen LogP) is 2.71. The van der Waals surface area contributed by atoms with Gasteiger partial charge in [-0.2, -0.15) is 0 Å². The molecule has 21 heavy (non-hydrogen) atoms. The Morgan fingerprint density at radius 3 is 2.76 bits per heavy atom. The van der Waals surface area contributed by atoms with Crippen LogP contribution in [0.5, 0.6) is 5.75 Å². The molecule has 0 spiro atoms. The van der Waals surface area contributed by atoms with Gasteiger partial charge in [-0.3, -0.25) is 4.79 Å². The zero-order valence-electron chi connectivity index (χ0n) is 12.2. The van der Waals surface area contributed by atoms with E-state index in [2.05, 4.69) is 5.32 Å². The van der Waals surface area contributed by atoms with Crippen LogP contribution in [0, 0.1) is 5.92 Å². The number of hydrogen-bond donors (Lipinski definition) is 2. The number of nitrogens with one attached hydrogen (secondary N) is 1. The Morgan fingerprint density at radius 1 is 1.43 bits per heavy atom. The standard InChI is InChI=1S/C14H21ClN2O3.ClH/c1-3-19-6-7-20-13-5-4-11(15)8-12(13)17-14(18)10(2)9-16;/h4-5,8,10H,3,6-7,9,16H2,1-2H3,(H,17,18);1H. The van der Waals surface area contributed by atoms with Gasteiger partial charge >= 0.3 is 0 Å². The molecule has 1 aromatic carbocycles. The molecule has 0 radical (unpaired) electrons. The fourth-order valence-electron chi connectivity index (χ4n) is 1.44. The average Bonchev–Trinajstić information content (AvgIpc) is 2.44. The van der Waals surface area contributed by atoms with E-state index in [0.29, 0.717) is 36.3 Å². The van der Waals surface area contributed by atoms with Crippen LogP contribution < -0.4 is 15.8 Å². The summed E-state index contributed by atoms with van der Waals surface area (Å²) in [7, 11) is 0. The molecule has 3 N–H and O–H groups in total. The third-order valence-electron chi connectivity index (χ3n) is 2.69. The van der Waals surface area contributed by atoms with E-state index in [1.807, 2.05) is 6.92 Å². The number of benzene rings is 1. The highest BCUT2D eigenvalue weighted by Gasteiger charge is 2.14. The first kappa shape index (κ1) is 20.0. The third kappa shape index (κ3) is 7.00. The normalized spacial score (nSPS) is 11.4. The summed E-state index contributed by atoms with van der Waals surface area (Å²) >= 11 is 5.94. The number of rotatable bonds is 8. The molecule has 0 bridgehead atoms. The maximum atomic E-state index is 11.9. The summed E-state index contributed by atoms with van der Waals surface area (Å²) in [6.45, 7) is 5.50. The Labute approximate surface area is 136 Å². The summed E-state index contributed by atoms with van der Waals surface area (Å²) in [5.74, 6) is 0.126. The minimum absolute atomic E-state index is 0. The van der Waals surface area contributed by atoms with E-state index in [0.717, 1.165) is 0 Å². The number of amides is 1. The van der Waals surface area contributed by atoms with Gasteiger partial charge in [-0.25, -0.2) is 0 Å². The van der Waals surface area contributed by atoms with Gasteiger partial charge in [-0.05, 0) is 25.1 Å². The molecular formula is C14H22Cl2N2O3. The van der Waals surface area contributed by atoms with Crippen LogP contribution in [-0.2, 0) is 9.53 Å². The molecule has 0 aliphatic rings. The minimum atomic E-state index is -0.273. The molecule has 1 rings (SSSR count). The van der Waals surface area contributed by atoms with Gasteiger partial charge in [0.05, 0.1) is 12.3 Å². The van der Waals surface area contributed by atoms with Gasteiger partial charge in [0, 0.05) is 24.1 Å². The number of carbonyl (C=O) groups excluding carboxylic acids is 1. The fraction of sp³-hybridized carbons (Fsp3) is 0.500. The van der Waals surface area contributed by atoms with Crippen molar-refractivity contribution in [2.24, 2.45) is 11.7 Å². The summed E-state index contributed by atoms with van der Waals surface area (Å²) < 4.78 is 10.8. The summed E-state index contributed by atoms with van der Waals surface area (Å²) in [4.78, 5) is 11.9. The molecule has 7 heteroatoms. The van der Waals surface area contributed by atoms with Crippen molar-refractivity contribution in [1.82, 2.24) is 0 Å². The lowest BCUT2D eigenvalue weighted by Gasteiger charge is -2.15. The molecule has 1 amide bonds. The van der Waals surface area contributed by atoms with Crippen molar-refractivity contribution in [3.05, 3.63) is 23.2 Å². The van der Waals surface area contributed by atoms with Gasteiger partial charge in [0.25, 0.3) is 0 Å². The molecule has 0 saturated heterocycles. The molecule has 1 atom stereocenters. The van der Waals surface area contributed by atoms with E-state index in [4.69, 9.17) is 26.8 Å². The lowest BCUT2D eigenvalue weighted by molar-refractivity contribution is -0.119. The molecule has 0 aliphatic carbocycles. The highest BCUT2D eigenvalue weighted by molar-refractivity contribution is 6.31. The number of halogens is 2. The monoisotopic (exact) mass is 336 g/mol. The van der Waals surface area contributed by atoms with Crippen molar-refractivity contribution < 1.29 is 14.3 Å².